The summed E-state index contributed by atoms with van der Waals surface area (Å²) in [5.74, 6) is 0.820. The number of nitrogens with zero attached hydrogens (tertiary/aromatic N) is 1. The van der Waals surface area contributed by atoms with Crippen molar-refractivity contribution >= 4 is 0 Å². The van der Waals surface area contributed by atoms with Crippen LogP contribution in [0, 0.1) is 5.92 Å². The maximum absolute atomic E-state index is 3.71. The summed E-state index contributed by atoms with van der Waals surface area (Å²) >= 11 is 0. The lowest BCUT2D eigenvalue weighted by Crippen LogP contribution is -2.61. The SMILES string of the molecule is CCC(C)C1CN(C2CCC2)C(C)CN1. The molecule has 1 aliphatic heterocycles. The fourth-order valence-electron chi connectivity index (χ4n) is 2.80. The summed E-state index contributed by atoms with van der Waals surface area (Å²) in [6, 6.07) is 2.39. The minimum Gasteiger partial charge on any atom is -0.311 e. The molecule has 2 rings (SSSR count). The average molecular weight is 210 g/mol. The first-order valence-electron chi connectivity index (χ1n) is 6.71. The highest BCUT2D eigenvalue weighted by Gasteiger charge is 2.34. The standard InChI is InChI=1S/C13H26N2/c1-4-10(2)13-9-15(11(3)8-14-13)12-6-5-7-12/h10-14H,4-9H2,1-3H3. The van der Waals surface area contributed by atoms with Gasteiger partial charge in [-0.05, 0) is 25.7 Å². The minimum atomic E-state index is 0.729. The Morgan fingerprint density at radius 2 is 2.13 bits per heavy atom. The van der Waals surface area contributed by atoms with Crippen molar-refractivity contribution in [3.63, 3.8) is 0 Å². The summed E-state index contributed by atoms with van der Waals surface area (Å²) in [5.41, 5.74) is 0. The number of rotatable bonds is 3. The highest BCUT2D eigenvalue weighted by molar-refractivity contribution is 4.92. The second kappa shape index (κ2) is 4.84. The first-order chi connectivity index (χ1) is 7.22. The van der Waals surface area contributed by atoms with Crippen LogP contribution in [-0.4, -0.2) is 36.1 Å². The van der Waals surface area contributed by atoms with E-state index >= 15 is 0 Å². The molecule has 0 aromatic heterocycles. The van der Waals surface area contributed by atoms with Crippen LogP contribution in [0.3, 0.4) is 0 Å². The van der Waals surface area contributed by atoms with Crippen LogP contribution in [0.25, 0.3) is 0 Å². The van der Waals surface area contributed by atoms with Crippen molar-refractivity contribution < 1.29 is 0 Å². The quantitative estimate of drug-likeness (QED) is 0.768. The van der Waals surface area contributed by atoms with E-state index in [0.717, 1.165) is 24.0 Å². The smallest absolute Gasteiger partial charge is 0.0221 e. The van der Waals surface area contributed by atoms with Crippen LogP contribution in [0.2, 0.25) is 0 Å². The van der Waals surface area contributed by atoms with Crippen molar-refractivity contribution in [2.45, 2.75) is 64.6 Å². The molecule has 1 heterocycles. The van der Waals surface area contributed by atoms with Gasteiger partial charge in [0.15, 0.2) is 0 Å². The van der Waals surface area contributed by atoms with Crippen LogP contribution >= 0.6 is 0 Å². The van der Waals surface area contributed by atoms with Crippen LogP contribution < -0.4 is 5.32 Å². The molecule has 15 heavy (non-hydrogen) atoms. The summed E-state index contributed by atoms with van der Waals surface area (Å²) < 4.78 is 0. The fourth-order valence-corrected chi connectivity index (χ4v) is 2.80. The van der Waals surface area contributed by atoms with Crippen molar-refractivity contribution in [3.05, 3.63) is 0 Å². The van der Waals surface area contributed by atoms with Gasteiger partial charge in [-0.15, -0.1) is 0 Å². The number of piperazine rings is 1. The molecule has 1 N–H and O–H groups in total. The van der Waals surface area contributed by atoms with Crippen molar-refractivity contribution in [2.24, 2.45) is 5.92 Å². The third-order valence-electron chi connectivity index (χ3n) is 4.52. The Bertz CT molecular complexity index is 199. The molecule has 0 aromatic carbocycles. The Morgan fingerprint density at radius 3 is 2.67 bits per heavy atom. The Balaban J connectivity index is 1.91. The van der Waals surface area contributed by atoms with E-state index in [4.69, 9.17) is 0 Å². The third kappa shape index (κ3) is 2.36. The van der Waals surface area contributed by atoms with Crippen molar-refractivity contribution in [2.75, 3.05) is 13.1 Å². The van der Waals surface area contributed by atoms with Crippen LogP contribution in [-0.2, 0) is 0 Å². The molecule has 3 unspecified atom stereocenters. The molecular formula is C13H26N2. The fraction of sp³-hybridized carbons (Fsp3) is 1.00. The number of hydrogen-bond donors (Lipinski definition) is 1. The highest BCUT2D eigenvalue weighted by atomic mass is 15.3. The Labute approximate surface area is 94.4 Å². The van der Waals surface area contributed by atoms with E-state index in [2.05, 4.69) is 31.0 Å². The summed E-state index contributed by atoms with van der Waals surface area (Å²) in [7, 11) is 0. The lowest BCUT2D eigenvalue weighted by molar-refractivity contribution is 0.0391. The Kier molecular flexibility index (Phi) is 3.68. The molecule has 0 aromatic rings. The van der Waals surface area contributed by atoms with E-state index in [1.54, 1.807) is 0 Å². The molecular weight excluding hydrogens is 184 g/mol. The van der Waals surface area contributed by atoms with Crippen molar-refractivity contribution in [3.8, 4) is 0 Å². The van der Waals surface area contributed by atoms with Gasteiger partial charge in [0.05, 0.1) is 0 Å². The number of hydrogen-bond acceptors (Lipinski definition) is 2. The van der Waals surface area contributed by atoms with Crippen LogP contribution in [0.15, 0.2) is 0 Å². The topological polar surface area (TPSA) is 15.3 Å². The van der Waals surface area contributed by atoms with Gasteiger partial charge in [0.2, 0.25) is 0 Å². The van der Waals surface area contributed by atoms with Crippen LogP contribution in [0.5, 0.6) is 0 Å². The van der Waals surface area contributed by atoms with E-state index in [9.17, 15) is 0 Å². The molecule has 1 saturated carbocycles. The largest absolute Gasteiger partial charge is 0.311 e. The second-order valence-corrected chi connectivity index (χ2v) is 5.53. The zero-order valence-corrected chi connectivity index (χ0v) is 10.5. The number of nitrogens with one attached hydrogen (secondary N) is 1. The van der Waals surface area contributed by atoms with Gasteiger partial charge in [-0.2, -0.15) is 0 Å². The van der Waals surface area contributed by atoms with Crippen LogP contribution in [0.4, 0.5) is 0 Å². The van der Waals surface area contributed by atoms with Gasteiger partial charge in [-0.25, -0.2) is 0 Å². The summed E-state index contributed by atoms with van der Waals surface area (Å²) in [4.78, 5) is 2.76. The van der Waals surface area contributed by atoms with E-state index < -0.39 is 0 Å². The molecule has 2 fully saturated rings. The van der Waals surface area contributed by atoms with Gasteiger partial charge >= 0.3 is 0 Å². The Morgan fingerprint density at radius 1 is 1.40 bits per heavy atom. The average Bonchev–Trinajstić information content (AvgIpc) is 2.17. The maximum atomic E-state index is 3.71. The zero-order chi connectivity index (χ0) is 10.8. The molecule has 0 radical (unpaired) electrons. The molecule has 2 nitrogen and oxygen atoms in total. The van der Waals surface area contributed by atoms with E-state index in [0.29, 0.717) is 0 Å². The predicted molar refractivity (Wildman–Crippen MR) is 65.1 cm³/mol. The maximum Gasteiger partial charge on any atom is 0.0221 e. The zero-order valence-electron chi connectivity index (χ0n) is 10.5. The molecule has 88 valence electrons. The lowest BCUT2D eigenvalue weighted by atomic mass is 9.87. The molecule has 2 aliphatic rings. The first kappa shape index (κ1) is 11.4. The third-order valence-corrected chi connectivity index (χ3v) is 4.52. The molecule has 1 saturated heterocycles. The molecule has 0 spiro atoms. The summed E-state index contributed by atoms with van der Waals surface area (Å²) in [6.45, 7) is 9.52. The van der Waals surface area contributed by atoms with Crippen molar-refractivity contribution in [1.82, 2.24) is 10.2 Å². The van der Waals surface area contributed by atoms with Gasteiger partial charge in [0, 0.05) is 31.2 Å². The second-order valence-electron chi connectivity index (χ2n) is 5.53. The Hall–Kier alpha value is -0.0800. The monoisotopic (exact) mass is 210 g/mol. The predicted octanol–water partition coefficient (Wildman–Crippen LogP) is 2.25. The normalized spacial score (nSPS) is 36.2. The van der Waals surface area contributed by atoms with Gasteiger partial charge in [-0.1, -0.05) is 26.7 Å². The van der Waals surface area contributed by atoms with Crippen molar-refractivity contribution in [1.29, 1.82) is 0 Å². The van der Waals surface area contributed by atoms with Gasteiger partial charge < -0.3 is 5.32 Å². The molecule has 1 aliphatic carbocycles. The molecule has 3 atom stereocenters. The van der Waals surface area contributed by atoms with E-state index in [-0.39, 0.29) is 0 Å². The molecule has 0 bridgehead atoms. The van der Waals surface area contributed by atoms with Gasteiger partial charge in [0.25, 0.3) is 0 Å². The minimum absolute atomic E-state index is 0.729. The van der Waals surface area contributed by atoms with E-state index in [1.807, 2.05) is 0 Å². The van der Waals surface area contributed by atoms with Crippen LogP contribution in [0.1, 0.15) is 46.5 Å². The summed E-state index contributed by atoms with van der Waals surface area (Å²) in [6.07, 6.45) is 5.63. The molecule has 0 amide bonds. The lowest BCUT2D eigenvalue weighted by Gasteiger charge is -2.48. The summed E-state index contributed by atoms with van der Waals surface area (Å²) in [5, 5.41) is 3.71. The highest BCUT2D eigenvalue weighted by Crippen LogP contribution is 2.28. The first-order valence-corrected chi connectivity index (χ1v) is 6.71. The van der Waals surface area contributed by atoms with E-state index in [1.165, 1.54) is 38.8 Å². The molecule has 2 heteroatoms. The van der Waals surface area contributed by atoms with Gasteiger partial charge in [0.1, 0.15) is 0 Å². The van der Waals surface area contributed by atoms with Gasteiger partial charge in [-0.3, -0.25) is 4.90 Å².